The Labute approximate surface area is 204 Å². The Morgan fingerprint density at radius 2 is 1.37 bits per heavy atom. The highest BCUT2D eigenvalue weighted by Crippen LogP contribution is 2.39. The van der Waals surface area contributed by atoms with E-state index in [0.29, 0.717) is 29.2 Å². The maximum absolute atomic E-state index is 12.8. The van der Waals surface area contributed by atoms with Gasteiger partial charge in [0.05, 0.1) is 0 Å². The summed E-state index contributed by atoms with van der Waals surface area (Å²) < 4.78 is 12.4. The van der Waals surface area contributed by atoms with Crippen LogP contribution >= 0.6 is 0 Å². The number of aromatic nitrogens is 3. The lowest BCUT2D eigenvalue weighted by molar-refractivity contribution is -0.163. The molecule has 7 heteroatoms. The molecule has 1 atom stereocenters. The van der Waals surface area contributed by atoms with Gasteiger partial charge in [0.15, 0.2) is 11.4 Å². The molecule has 7 nitrogen and oxygen atoms in total. The lowest BCUT2D eigenvalue weighted by Crippen LogP contribution is -2.51. The first kappa shape index (κ1) is 24.0. The van der Waals surface area contributed by atoms with Gasteiger partial charge in [0.1, 0.15) is 5.82 Å². The number of hydrogen-bond donors (Lipinski definition) is 1. The van der Waals surface area contributed by atoms with E-state index in [1.165, 1.54) is 0 Å². The highest BCUT2D eigenvalue weighted by Gasteiger charge is 2.50. The number of ether oxygens (including phenoxy) is 2. The Morgan fingerprint density at radius 3 is 1.86 bits per heavy atom. The third-order valence-corrected chi connectivity index (χ3v) is 5.60. The van der Waals surface area contributed by atoms with Crippen molar-refractivity contribution in [1.82, 2.24) is 15.0 Å². The second-order valence-electron chi connectivity index (χ2n) is 7.81. The van der Waals surface area contributed by atoms with Crippen LogP contribution in [0.2, 0.25) is 0 Å². The Balaban J connectivity index is 1.88. The van der Waals surface area contributed by atoms with Gasteiger partial charge in [-0.3, -0.25) is 0 Å². The highest BCUT2D eigenvalue weighted by atomic mass is 16.6. The van der Waals surface area contributed by atoms with Gasteiger partial charge in [0, 0.05) is 18.6 Å². The van der Waals surface area contributed by atoms with Crippen LogP contribution in [-0.4, -0.2) is 38.7 Å². The number of aliphatic carboxylic acids is 1. The number of carboxylic acid groups (broad SMARTS) is 1. The first-order chi connectivity index (χ1) is 17.1. The number of rotatable bonds is 10. The molecule has 4 aromatic rings. The van der Waals surface area contributed by atoms with E-state index < -0.39 is 17.7 Å². The molecule has 0 spiro atoms. The summed E-state index contributed by atoms with van der Waals surface area (Å²) in [6.07, 6.45) is -0.951. The van der Waals surface area contributed by atoms with Crippen LogP contribution in [0.25, 0.3) is 11.4 Å². The van der Waals surface area contributed by atoms with Gasteiger partial charge in [0.2, 0.25) is 6.10 Å². The number of nitrogens with zero attached hydrogens (tertiary/aromatic N) is 3. The van der Waals surface area contributed by atoms with Crippen molar-refractivity contribution in [3.8, 4) is 17.4 Å². The summed E-state index contributed by atoms with van der Waals surface area (Å²) >= 11 is 0. The van der Waals surface area contributed by atoms with Crippen molar-refractivity contribution >= 4 is 5.97 Å². The van der Waals surface area contributed by atoms with E-state index in [1.807, 2.05) is 105 Å². The van der Waals surface area contributed by atoms with Crippen LogP contribution < -0.4 is 4.74 Å². The molecule has 4 rings (SSSR count). The van der Waals surface area contributed by atoms with Crippen molar-refractivity contribution < 1.29 is 19.4 Å². The van der Waals surface area contributed by atoms with Crippen molar-refractivity contribution in [2.45, 2.75) is 32.0 Å². The SMILES string of the molecule is CCOC(c1ccccc1)(c1ccccc1)C(Oc1nc(CC)nc(-c2ccccc2)n1)C(=O)O. The van der Waals surface area contributed by atoms with Crippen LogP contribution in [0.3, 0.4) is 0 Å². The third-order valence-electron chi connectivity index (χ3n) is 5.60. The molecule has 3 aromatic carbocycles. The van der Waals surface area contributed by atoms with Crippen LogP contribution in [0.15, 0.2) is 91.0 Å². The van der Waals surface area contributed by atoms with Gasteiger partial charge < -0.3 is 14.6 Å². The van der Waals surface area contributed by atoms with E-state index in [1.54, 1.807) is 0 Å². The quantitative estimate of drug-likeness (QED) is 0.352. The Hall–Kier alpha value is -4.10. The molecule has 35 heavy (non-hydrogen) atoms. The number of carbonyl (C=O) groups is 1. The average molecular weight is 470 g/mol. The van der Waals surface area contributed by atoms with E-state index in [-0.39, 0.29) is 12.6 Å². The lowest BCUT2D eigenvalue weighted by Gasteiger charge is -2.38. The van der Waals surface area contributed by atoms with Crippen molar-refractivity contribution in [2.75, 3.05) is 6.61 Å². The highest BCUT2D eigenvalue weighted by molar-refractivity contribution is 5.76. The molecule has 1 aromatic heterocycles. The molecule has 0 aliphatic carbocycles. The first-order valence-electron chi connectivity index (χ1n) is 11.5. The Bertz CT molecular complexity index is 1210. The molecule has 0 bridgehead atoms. The Kier molecular flexibility index (Phi) is 7.48. The van der Waals surface area contributed by atoms with Gasteiger partial charge in [-0.1, -0.05) is 97.9 Å². The molecule has 0 aliphatic rings. The number of benzene rings is 3. The van der Waals surface area contributed by atoms with Crippen molar-refractivity contribution in [2.24, 2.45) is 0 Å². The predicted molar refractivity (Wildman–Crippen MR) is 132 cm³/mol. The molecular weight excluding hydrogens is 442 g/mol. The van der Waals surface area contributed by atoms with E-state index in [0.717, 1.165) is 5.56 Å². The second-order valence-corrected chi connectivity index (χ2v) is 7.81. The van der Waals surface area contributed by atoms with Crippen molar-refractivity contribution in [3.05, 3.63) is 108 Å². The van der Waals surface area contributed by atoms with Crippen LogP contribution in [0.5, 0.6) is 6.01 Å². The minimum Gasteiger partial charge on any atom is -0.478 e. The monoisotopic (exact) mass is 469 g/mol. The van der Waals surface area contributed by atoms with Crippen LogP contribution in [0.4, 0.5) is 0 Å². The fraction of sp³-hybridized carbons (Fsp3) is 0.214. The summed E-state index contributed by atoms with van der Waals surface area (Å²) in [5.74, 6) is -0.289. The fourth-order valence-electron chi connectivity index (χ4n) is 4.05. The summed E-state index contributed by atoms with van der Waals surface area (Å²) in [5, 5.41) is 10.5. The summed E-state index contributed by atoms with van der Waals surface area (Å²) in [6, 6.07) is 27.8. The van der Waals surface area contributed by atoms with Gasteiger partial charge in [-0.05, 0) is 18.1 Å². The predicted octanol–water partition coefficient (Wildman–Crippen LogP) is 4.91. The number of hydrogen-bond acceptors (Lipinski definition) is 6. The molecule has 0 amide bonds. The summed E-state index contributed by atoms with van der Waals surface area (Å²) in [6.45, 7) is 4.00. The molecule has 0 saturated carbocycles. The summed E-state index contributed by atoms with van der Waals surface area (Å²) in [5.41, 5.74) is 0.625. The summed E-state index contributed by atoms with van der Waals surface area (Å²) in [4.78, 5) is 26.2. The molecule has 178 valence electrons. The average Bonchev–Trinajstić information content (AvgIpc) is 2.92. The largest absolute Gasteiger partial charge is 0.478 e. The zero-order valence-corrected chi connectivity index (χ0v) is 19.7. The summed E-state index contributed by atoms with van der Waals surface area (Å²) in [7, 11) is 0. The van der Waals surface area contributed by atoms with Crippen LogP contribution in [-0.2, 0) is 21.6 Å². The molecule has 0 saturated heterocycles. The maximum atomic E-state index is 12.8. The molecule has 1 unspecified atom stereocenters. The van der Waals surface area contributed by atoms with Gasteiger partial charge in [0.25, 0.3) is 0 Å². The molecule has 0 radical (unpaired) electrons. The number of carboxylic acids is 1. The smallest absolute Gasteiger partial charge is 0.348 e. The molecule has 0 aliphatic heterocycles. The minimum absolute atomic E-state index is 0.0703. The van der Waals surface area contributed by atoms with Crippen molar-refractivity contribution in [1.29, 1.82) is 0 Å². The minimum atomic E-state index is -1.48. The maximum Gasteiger partial charge on any atom is 0.348 e. The molecule has 0 fully saturated rings. The van der Waals surface area contributed by atoms with E-state index >= 15 is 0 Å². The van der Waals surface area contributed by atoms with Gasteiger partial charge in [-0.25, -0.2) is 9.78 Å². The van der Waals surface area contributed by atoms with Gasteiger partial charge >= 0.3 is 12.0 Å². The molecular formula is C28H27N3O4. The zero-order valence-electron chi connectivity index (χ0n) is 19.7. The van der Waals surface area contributed by atoms with E-state index in [9.17, 15) is 9.90 Å². The zero-order chi connectivity index (χ0) is 24.7. The Morgan fingerprint density at radius 1 is 0.829 bits per heavy atom. The topological polar surface area (TPSA) is 94.4 Å². The first-order valence-corrected chi connectivity index (χ1v) is 11.5. The molecule has 1 N–H and O–H groups in total. The molecule has 1 heterocycles. The van der Waals surface area contributed by atoms with Crippen LogP contribution in [0, 0.1) is 0 Å². The van der Waals surface area contributed by atoms with E-state index in [2.05, 4.69) is 15.0 Å². The lowest BCUT2D eigenvalue weighted by atomic mass is 9.81. The third kappa shape index (κ3) is 5.05. The normalized spacial score (nSPS) is 12.2. The standard InChI is InChI=1S/C28H27N3O4/c1-3-23-29-25(20-14-8-5-9-15-20)31-27(30-23)35-24(26(32)33)28(34-4-2,21-16-10-6-11-17-21)22-18-12-7-13-19-22/h5-19,24H,3-4H2,1-2H3,(H,32,33). The van der Waals surface area contributed by atoms with Gasteiger partial charge in [-0.15, -0.1) is 0 Å². The van der Waals surface area contributed by atoms with Crippen molar-refractivity contribution in [3.63, 3.8) is 0 Å². The van der Waals surface area contributed by atoms with Crippen LogP contribution in [0.1, 0.15) is 30.8 Å². The number of aryl methyl sites for hydroxylation is 1. The van der Waals surface area contributed by atoms with E-state index in [4.69, 9.17) is 9.47 Å². The second kappa shape index (κ2) is 10.9. The van der Waals surface area contributed by atoms with Gasteiger partial charge in [-0.2, -0.15) is 9.97 Å². The fourth-order valence-corrected chi connectivity index (χ4v) is 4.05.